The van der Waals surface area contributed by atoms with Gasteiger partial charge in [0.15, 0.2) is 0 Å². The van der Waals surface area contributed by atoms with Gasteiger partial charge in [0.05, 0.1) is 5.56 Å². The molecule has 31 heavy (non-hydrogen) atoms. The van der Waals surface area contributed by atoms with Gasteiger partial charge in [0.2, 0.25) is 0 Å². The quantitative estimate of drug-likeness (QED) is 0.538. The highest BCUT2D eigenvalue weighted by atomic mass is 19.4. The Bertz CT molecular complexity index is 1090. The molecule has 2 aromatic carbocycles. The van der Waals surface area contributed by atoms with E-state index in [0.29, 0.717) is 11.4 Å². The number of hydrogen-bond donors (Lipinski definition) is 3. The molecule has 5 nitrogen and oxygen atoms in total. The summed E-state index contributed by atoms with van der Waals surface area (Å²) in [5, 5.41) is 8.39. The fourth-order valence-corrected chi connectivity index (χ4v) is 4.12. The Morgan fingerprint density at radius 1 is 1.10 bits per heavy atom. The molecule has 0 bridgehead atoms. The van der Waals surface area contributed by atoms with Crippen LogP contribution in [0.25, 0.3) is 10.8 Å². The number of nitrogens with one attached hydrogen (secondary N) is 2. The van der Waals surface area contributed by atoms with Crippen molar-refractivity contribution in [3.05, 3.63) is 64.8 Å². The Balaban J connectivity index is 1.70. The number of anilines is 2. The van der Waals surface area contributed by atoms with Crippen molar-refractivity contribution < 1.29 is 13.2 Å². The molecule has 164 valence electrons. The van der Waals surface area contributed by atoms with Crippen molar-refractivity contribution in [2.45, 2.75) is 26.2 Å². The van der Waals surface area contributed by atoms with E-state index in [1.807, 2.05) is 19.1 Å². The van der Waals surface area contributed by atoms with Crippen LogP contribution in [-0.2, 0) is 6.18 Å². The van der Waals surface area contributed by atoms with Crippen molar-refractivity contribution in [1.29, 1.82) is 0 Å². The topological polar surface area (TPSA) is 66.2 Å². The minimum atomic E-state index is -4.42. The predicted molar refractivity (Wildman–Crippen MR) is 118 cm³/mol. The number of fused-ring (bicyclic) bond motifs is 1. The highest BCUT2D eigenvalue weighted by Crippen LogP contribution is 2.35. The monoisotopic (exact) mass is 429 g/mol. The molecule has 1 saturated heterocycles. The van der Waals surface area contributed by atoms with Crippen LogP contribution in [-0.4, -0.2) is 31.2 Å². The van der Waals surface area contributed by atoms with E-state index in [9.17, 15) is 13.2 Å². The lowest BCUT2D eigenvalue weighted by Gasteiger charge is -2.30. The average Bonchev–Trinajstić information content (AvgIpc) is 2.73. The van der Waals surface area contributed by atoms with E-state index >= 15 is 0 Å². The van der Waals surface area contributed by atoms with Crippen LogP contribution in [0, 0.1) is 13.8 Å². The zero-order chi connectivity index (χ0) is 22.2. The summed E-state index contributed by atoms with van der Waals surface area (Å²) >= 11 is 0. The van der Waals surface area contributed by atoms with E-state index in [2.05, 4.69) is 32.7 Å². The molecule has 0 saturated carbocycles. The molecular weight excluding hydrogens is 403 g/mol. The van der Waals surface area contributed by atoms with E-state index in [0.717, 1.165) is 54.4 Å². The van der Waals surface area contributed by atoms with E-state index in [4.69, 9.17) is 5.73 Å². The van der Waals surface area contributed by atoms with Crippen molar-refractivity contribution in [2.24, 2.45) is 5.73 Å². The summed E-state index contributed by atoms with van der Waals surface area (Å²) in [5.74, 6) is 0.566. The molecule has 0 spiro atoms. The molecule has 4 N–H and O–H groups in total. The summed E-state index contributed by atoms with van der Waals surface area (Å²) in [6.45, 7) is 7.01. The summed E-state index contributed by atoms with van der Waals surface area (Å²) in [4.78, 5) is 6.91. The second-order valence-corrected chi connectivity index (χ2v) is 7.89. The van der Waals surface area contributed by atoms with Crippen molar-refractivity contribution in [3.8, 4) is 0 Å². The van der Waals surface area contributed by atoms with Gasteiger partial charge in [0, 0.05) is 42.9 Å². The molecule has 3 aromatic rings. The van der Waals surface area contributed by atoms with Gasteiger partial charge in [-0.15, -0.1) is 0 Å². The van der Waals surface area contributed by atoms with Gasteiger partial charge in [-0.3, -0.25) is 0 Å². The fourth-order valence-electron chi connectivity index (χ4n) is 4.12. The van der Waals surface area contributed by atoms with Gasteiger partial charge in [-0.05, 0) is 54.6 Å². The van der Waals surface area contributed by atoms with Crippen molar-refractivity contribution in [1.82, 2.24) is 10.3 Å². The molecule has 1 aromatic heterocycles. The minimum absolute atomic E-state index is 0.119. The second kappa shape index (κ2) is 8.36. The summed E-state index contributed by atoms with van der Waals surface area (Å²) in [7, 11) is 0. The highest BCUT2D eigenvalue weighted by Gasteiger charge is 2.33. The lowest BCUT2D eigenvalue weighted by Crippen LogP contribution is -2.43. The summed E-state index contributed by atoms with van der Waals surface area (Å²) in [6.07, 6.45) is -5.26. The Labute approximate surface area is 179 Å². The number of pyridine rings is 1. The maximum Gasteiger partial charge on any atom is 0.416 e. The Morgan fingerprint density at radius 2 is 1.84 bits per heavy atom. The van der Waals surface area contributed by atoms with Crippen molar-refractivity contribution >= 4 is 22.3 Å². The SMILES string of the molecule is Cc1cc2ccc(N3CCNCC3)cc2c(N[C@H](N)c2cccc(C(F)(F)F)c2C)n1. The molecule has 8 heteroatoms. The number of aromatic nitrogens is 1. The molecule has 1 aliphatic heterocycles. The molecule has 1 atom stereocenters. The van der Waals surface area contributed by atoms with Gasteiger partial charge in [-0.25, -0.2) is 4.98 Å². The smallest absolute Gasteiger partial charge is 0.369 e. The van der Waals surface area contributed by atoms with Crippen LogP contribution in [0.15, 0.2) is 42.5 Å². The number of hydrogen-bond acceptors (Lipinski definition) is 5. The largest absolute Gasteiger partial charge is 0.416 e. The van der Waals surface area contributed by atoms with E-state index in [-0.39, 0.29) is 5.56 Å². The maximum absolute atomic E-state index is 13.3. The summed E-state index contributed by atoms with van der Waals surface area (Å²) < 4.78 is 40.0. The number of alkyl halides is 3. The lowest BCUT2D eigenvalue weighted by molar-refractivity contribution is -0.138. The van der Waals surface area contributed by atoms with Crippen LogP contribution in [0.4, 0.5) is 24.7 Å². The van der Waals surface area contributed by atoms with Crippen LogP contribution < -0.4 is 21.3 Å². The third-order valence-corrected chi connectivity index (χ3v) is 5.74. The first-order valence-corrected chi connectivity index (χ1v) is 10.3. The van der Waals surface area contributed by atoms with Crippen LogP contribution >= 0.6 is 0 Å². The number of aryl methyl sites for hydroxylation is 1. The molecule has 0 radical (unpaired) electrons. The van der Waals surface area contributed by atoms with Crippen molar-refractivity contribution in [3.63, 3.8) is 0 Å². The third kappa shape index (κ3) is 4.45. The minimum Gasteiger partial charge on any atom is -0.369 e. The van der Waals surface area contributed by atoms with E-state index in [1.165, 1.54) is 13.0 Å². The summed E-state index contributed by atoms with van der Waals surface area (Å²) in [5.41, 5.74) is 8.05. The number of nitrogens with zero attached hydrogens (tertiary/aromatic N) is 2. The molecule has 1 fully saturated rings. The number of piperazine rings is 1. The van der Waals surface area contributed by atoms with Crippen LogP contribution in [0.2, 0.25) is 0 Å². The Hall–Kier alpha value is -2.84. The maximum atomic E-state index is 13.3. The average molecular weight is 429 g/mol. The van der Waals surface area contributed by atoms with Gasteiger partial charge in [0.1, 0.15) is 12.0 Å². The fraction of sp³-hybridized carbons (Fsp3) is 0.348. The van der Waals surface area contributed by atoms with Gasteiger partial charge in [0.25, 0.3) is 0 Å². The van der Waals surface area contributed by atoms with Gasteiger partial charge in [-0.1, -0.05) is 18.2 Å². The molecule has 1 aliphatic rings. The zero-order valence-corrected chi connectivity index (χ0v) is 17.6. The van der Waals surface area contributed by atoms with Gasteiger partial charge >= 0.3 is 6.18 Å². The zero-order valence-electron chi connectivity index (χ0n) is 17.6. The first-order valence-electron chi connectivity index (χ1n) is 10.3. The van der Waals surface area contributed by atoms with Crippen molar-refractivity contribution in [2.75, 3.05) is 36.4 Å². The molecule has 4 rings (SSSR count). The molecule has 0 amide bonds. The van der Waals surface area contributed by atoms with Gasteiger partial charge < -0.3 is 21.3 Å². The number of nitrogens with two attached hydrogens (primary N) is 1. The molecule has 2 heterocycles. The van der Waals surface area contributed by atoms with E-state index < -0.39 is 17.9 Å². The molecular formula is C23H26F3N5. The molecule has 0 unspecified atom stereocenters. The van der Waals surface area contributed by atoms with Crippen LogP contribution in [0.1, 0.15) is 28.6 Å². The number of halogens is 3. The van der Waals surface area contributed by atoms with E-state index in [1.54, 1.807) is 6.07 Å². The van der Waals surface area contributed by atoms with Crippen LogP contribution in [0.5, 0.6) is 0 Å². The van der Waals surface area contributed by atoms with Gasteiger partial charge in [-0.2, -0.15) is 13.2 Å². The number of benzene rings is 2. The molecule has 0 aliphatic carbocycles. The lowest BCUT2D eigenvalue weighted by atomic mass is 10.00. The second-order valence-electron chi connectivity index (χ2n) is 7.89. The highest BCUT2D eigenvalue weighted by molar-refractivity contribution is 5.94. The first-order chi connectivity index (χ1) is 14.7. The number of rotatable bonds is 4. The first kappa shape index (κ1) is 21.4. The Morgan fingerprint density at radius 3 is 2.55 bits per heavy atom. The standard InChI is InChI=1S/C23H26F3N5/c1-14-12-16-6-7-17(31-10-8-28-9-11-31)13-19(16)22(29-14)30-21(27)18-4-3-5-20(15(18)2)23(24,25)26/h3-7,12-13,21,28H,8-11,27H2,1-2H3,(H,29,30)/t21-/m0/s1. The summed E-state index contributed by atoms with van der Waals surface area (Å²) in [6, 6.07) is 12.3. The third-order valence-electron chi connectivity index (χ3n) is 5.74. The predicted octanol–water partition coefficient (Wildman–Crippen LogP) is 4.35. The Kier molecular flexibility index (Phi) is 5.77. The normalized spacial score (nSPS) is 15.9. The van der Waals surface area contributed by atoms with Crippen LogP contribution in [0.3, 0.4) is 0 Å².